The summed E-state index contributed by atoms with van der Waals surface area (Å²) in [6, 6.07) is 17.0. The van der Waals surface area contributed by atoms with Crippen LogP contribution in [0.3, 0.4) is 0 Å². The third kappa shape index (κ3) is 3.76. The minimum atomic E-state index is -0.108. The van der Waals surface area contributed by atoms with Crippen LogP contribution in [-0.2, 0) is 6.54 Å². The lowest BCUT2D eigenvalue weighted by Gasteiger charge is -2.20. The Balaban J connectivity index is 1.83. The zero-order chi connectivity index (χ0) is 19.7. The molecule has 0 bridgehead atoms. The summed E-state index contributed by atoms with van der Waals surface area (Å²) in [6.07, 6.45) is 1.73. The smallest absolute Gasteiger partial charge is 0.261 e. The summed E-state index contributed by atoms with van der Waals surface area (Å²) in [5, 5.41) is 1.25. The normalized spacial score (nSPS) is 11.0. The zero-order valence-corrected chi connectivity index (χ0v) is 18.6. The molecule has 1 amide bonds. The van der Waals surface area contributed by atoms with Gasteiger partial charge in [-0.25, -0.2) is 4.98 Å². The highest BCUT2D eigenvalue weighted by molar-refractivity contribution is 14.1. The summed E-state index contributed by atoms with van der Waals surface area (Å²) in [6.45, 7) is 2.33. The van der Waals surface area contributed by atoms with Crippen LogP contribution >= 0.6 is 45.5 Å². The second kappa shape index (κ2) is 8.14. The van der Waals surface area contributed by atoms with Crippen LogP contribution in [0.15, 0.2) is 60.8 Å². The molecule has 0 radical (unpaired) electrons. The van der Waals surface area contributed by atoms with Gasteiger partial charge in [0.15, 0.2) is 5.13 Å². The van der Waals surface area contributed by atoms with E-state index in [0.29, 0.717) is 22.3 Å². The standard InChI is InChI=1S/C21H15ClIN3OS/c1-13-9-10-16(22)19-18(13)25-21(28-19)26(12-14-6-4-5-11-24-14)20(27)15-7-2-3-8-17(15)23/h2-11H,12H2,1H3. The number of halogens is 2. The van der Waals surface area contributed by atoms with Crippen molar-refractivity contribution >= 4 is 66.8 Å². The highest BCUT2D eigenvalue weighted by Gasteiger charge is 2.24. The van der Waals surface area contributed by atoms with Crippen LogP contribution in [0.4, 0.5) is 5.13 Å². The Morgan fingerprint density at radius 2 is 1.93 bits per heavy atom. The fourth-order valence-corrected chi connectivity index (χ4v) is 4.80. The number of benzene rings is 2. The number of aryl methyl sites for hydroxylation is 1. The monoisotopic (exact) mass is 519 g/mol. The number of anilines is 1. The molecule has 0 fully saturated rings. The second-order valence-electron chi connectivity index (χ2n) is 6.23. The molecule has 4 aromatic rings. The van der Waals surface area contributed by atoms with E-state index in [9.17, 15) is 4.79 Å². The molecule has 7 heteroatoms. The predicted octanol–water partition coefficient (Wildman–Crippen LogP) is 6.10. The van der Waals surface area contributed by atoms with E-state index in [4.69, 9.17) is 16.6 Å². The van der Waals surface area contributed by atoms with Gasteiger partial charge in [-0.2, -0.15) is 0 Å². The molecule has 0 saturated heterocycles. The van der Waals surface area contributed by atoms with Crippen LogP contribution in [0.5, 0.6) is 0 Å². The molecule has 0 atom stereocenters. The van der Waals surface area contributed by atoms with E-state index in [1.807, 2.05) is 61.5 Å². The first-order valence-corrected chi connectivity index (χ1v) is 10.8. The summed E-state index contributed by atoms with van der Waals surface area (Å²) in [4.78, 5) is 24.3. The van der Waals surface area contributed by atoms with Crippen LogP contribution in [-0.4, -0.2) is 15.9 Å². The second-order valence-corrected chi connectivity index (χ2v) is 8.78. The molecule has 0 unspecified atom stereocenters. The lowest BCUT2D eigenvalue weighted by molar-refractivity contribution is 0.0984. The maximum absolute atomic E-state index is 13.4. The van der Waals surface area contributed by atoms with Crippen molar-refractivity contribution in [1.29, 1.82) is 0 Å². The van der Waals surface area contributed by atoms with E-state index in [0.717, 1.165) is 25.0 Å². The van der Waals surface area contributed by atoms with E-state index < -0.39 is 0 Å². The van der Waals surface area contributed by atoms with E-state index in [-0.39, 0.29) is 5.91 Å². The van der Waals surface area contributed by atoms with Gasteiger partial charge in [-0.3, -0.25) is 14.7 Å². The van der Waals surface area contributed by atoms with Gasteiger partial charge in [0.1, 0.15) is 0 Å². The molecule has 0 saturated carbocycles. The van der Waals surface area contributed by atoms with Crippen LogP contribution in [0, 0.1) is 10.5 Å². The fourth-order valence-electron chi connectivity index (χ4n) is 2.87. The molecule has 28 heavy (non-hydrogen) atoms. The molecule has 4 rings (SSSR count). The summed E-state index contributed by atoms with van der Waals surface area (Å²) >= 11 is 9.99. The third-order valence-corrected chi connectivity index (χ3v) is 6.79. The van der Waals surface area contributed by atoms with E-state index in [1.165, 1.54) is 11.3 Å². The highest BCUT2D eigenvalue weighted by Crippen LogP contribution is 2.36. The molecule has 2 aromatic heterocycles. The molecule has 2 heterocycles. The number of nitrogens with zero attached hydrogens (tertiary/aromatic N) is 3. The molecule has 2 aromatic carbocycles. The molecule has 0 aliphatic heterocycles. The number of thiazole rings is 1. The Labute approximate surface area is 185 Å². The highest BCUT2D eigenvalue weighted by atomic mass is 127. The molecule has 0 N–H and O–H groups in total. The Hall–Kier alpha value is -2.03. The van der Waals surface area contributed by atoms with Crippen molar-refractivity contribution in [2.75, 3.05) is 4.90 Å². The van der Waals surface area contributed by atoms with Crippen molar-refractivity contribution in [2.24, 2.45) is 0 Å². The third-order valence-electron chi connectivity index (χ3n) is 4.31. The zero-order valence-electron chi connectivity index (χ0n) is 14.9. The Morgan fingerprint density at radius 3 is 2.64 bits per heavy atom. The Bertz CT molecular complexity index is 1120. The van der Waals surface area contributed by atoms with Crippen LogP contribution in [0.2, 0.25) is 5.02 Å². The minimum absolute atomic E-state index is 0.108. The van der Waals surface area contributed by atoms with Gasteiger partial charge in [0.25, 0.3) is 5.91 Å². The number of fused-ring (bicyclic) bond motifs is 1. The van der Waals surface area contributed by atoms with Gasteiger partial charge in [0.05, 0.1) is 33.0 Å². The summed E-state index contributed by atoms with van der Waals surface area (Å²) in [7, 11) is 0. The van der Waals surface area contributed by atoms with Gasteiger partial charge in [0.2, 0.25) is 0 Å². The fraction of sp³-hybridized carbons (Fsp3) is 0.0952. The number of pyridine rings is 1. The van der Waals surface area contributed by atoms with Crippen molar-refractivity contribution in [3.8, 4) is 0 Å². The van der Waals surface area contributed by atoms with Crippen LogP contribution in [0.1, 0.15) is 21.6 Å². The van der Waals surface area contributed by atoms with Gasteiger partial charge in [-0.1, -0.05) is 47.2 Å². The first kappa shape index (κ1) is 19.3. The molecular weight excluding hydrogens is 505 g/mol. The topological polar surface area (TPSA) is 46.1 Å². The van der Waals surface area contributed by atoms with Gasteiger partial charge >= 0.3 is 0 Å². The number of carbonyl (C=O) groups is 1. The first-order valence-electron chi connectivity index (χ1n) is 8.56. The lowest BCUT2D eigenvalue weighted by atomic mass is 10.2. The number of carbonyl (C=O) groups excluding carboxylic acids is 1. The largest absolute Gasteiger partial charge is 0.278 e. The van der Waals surface area contributed by atoms with Crippen molar-refractivity contribution in [3.63, 3.8) is 0 Å². The molecule has 140 valence electrons. The number of amides is 1. The van der Waals surface area contributed by atoms with Crippen molar-refractivity contribution in [2.45, 2.75) is 13.5 Å². The van der Waals surface area contributed by atoms with Crippen molar-refractivity contribution in [3.05, 3.63) is 86.2 Å². The SMILES string of the molecule is Cc1ccc(Cl)c2sc(N(Cc3ccccn3)C(=O)c3ccccc3I)nc12. The van der Waals surface area contributed by atoms with Gasteiger partial charge < -0.3 is 0 Å². The molecule has 0 spiro atoms. The number of hydrogen-bond donors (Lipinski definition) is 0. The first-order chi connectivity index (χ1) is 13.5. The summed E-state index contributed by atoms with van der Waals surface area (Å²) < 4.78 is 1.78. The average Bonchev–Trinajstić information content (AvgIpc) is 3.16. The van der Waals surface area contributed by atoms with E-state index in [2.05, 4.69) is 27.6 Å². The van der Waals surface area contributed by atoms with Gasteiger partial charge in [-0.15, -0.1) is 0 Å². The Morgan fingerprint density at radius 1 is 1.14 bits per heavy atom. The van der Waals surface area contributed by atoms with Crippen molar-refractivity contribution < 1.29 is 4.79 Å². The predicted molar refractivity (Wildman–Crippen MR) is 123 cm³/mol. The lowest BCUT2D eigenvalue weighted by Crippen LogP contribution is -2.31. The molecular formula is C21H15ClIN3OS. The quantitative estimate of drug-likeness (QED) is 0.306. The Kier molecular flexibility index (Phi) is 5.61. The maximum Gasteiger partial charge on any atom is 0.261 e. The molecule has 0 aliphatic rings. The maximum atomic E-state index is 13.4. The number of hydrogen-bond acceptors (Lipinski definition) is 4. The van der Waals surface area contributed by atoms with Gasteiger partial charge in [0, 0.05) is 9.77 Å². The average molecular weight is 520 g/mol. The van der Waals surface area contributed by atoms with Crippen LogP contribution in [0.25, 0.3) is 10.2 Å². The van der Waals surface area contributed by atoms with E-state index in [1.54, 1.807) is 11.1 Å². The van der Waals surface area contributed by atoms with Crippen molar-refractivity contribution in [1.82, 2.24) is 9.97 Å². The van der Waals surface area contributed by atoms with Crippen LogP contribution < -0.4 is 4.90 Å². The molecule has 4 nitrogen and oxygen atoms in total. The number of aromatic nitrogens is 2. The van der Waals surface area contributed by atoms with E-state index >= 15 is 0 Å². The number of rotatable bonds is 4. The summed E-state index contributed by atoms with van der Waals surface area (Å²) in [5.41, 5.74) is 3.29. The minimum Gasteiger partial charge on any atom is -0.278 e. The van der Waals surface area contributed by atoms with Gasteiger partial charge in [-0.05, 0) is 65.4 Å². The summed E-state index contributed by atoms with van der Waals surface area (Å²) in [5.74, 6) is -0.108. The molecule has 0 aliphatic carbocycles.